The number of nitrogens with zero attached hydrogens (tertiary/aromatic N) is 5. The molecule has 0 amide bonds. The standard InChI is InChI=1S/C19H33N5/c1-4-5-10-22(2)11-6-7-16-12-20-19(21-13-16)24-17-8-9-18(24)15-23(3)14-17/h12-13,17-18H,4-11,14-15H2,1-3H3. The lowest BCUT2D eigenvalue weighted by Crippen LogP contribution is -2.53. The Morgan fingerprint density at radius 3 is 2.33 bits per heavy atom. The van der Waals surface area contributed by atoms with Crippen molar-refractivity contribution in [2.45, 2.75) is 57.5 Å². The molecule has 24 heavy (non-hydrogen) atoms. The van der Waals surface area contributed by atoms with Crippen molar-refractivity contribution in [1.82, 2.24) is 19.8 Å². The van der Waals surface area contributed by atoms with E-state index in [1.165, 1.54) is 44.2 Å². The minimum atomic E-state index is 0.604. The van der Waals surface area contributed by atoms with Gasteiger partial charge < -0.3 is 14.7 Å². The molecule has 2 bridgehead atoms. The normalized spacial score (nSPS) is 24.1. The maximum absolute atomic E-state index is 4.70. The summed E-state index contributed by atoms with van der Waals surface area (Å²) in [6.45, 7) is 6.90. The van der Waals surface area contributed by atoms with Gasteiger partial charge in [-0.1, -0.05) is 13.3 Å². The summed E-state index contributed by atoms with van der Waals surface area (Å²) in [6.07, 6.45) is 11.5. The Bertz CT molecular complexity index is 489. The molecule has 5 heteroatoms. The molecule has 3 rings (SSSR count). The summed E-state index contributed by atoms with van der Waals surface area (Å²) < 4.78 is 0. The molecule has 1 aromatic heterocycles. The van der Waals surface area contributed by atoms with Gasteiger partial charge in [0.15, 0.2) is 0 Å². The van der Waals surface area contributed by atoms with E-state index in [1.807, 2.05) is 12.4 Å². The Labute approximate surface area is 147 Å². The van der Waals surface area contributed by atoms with E-state index < -0.39 is 0 Å². The van der Waals surface area contributed by atoms with Crippen molar-refractivity contribution in [2.24, 2.45) is 0 Å². The minimum Gasteiger partial charge on any atom is -0.332 e. The molecule has 0 radical (unpaired) electrons. The van der Waals surface area contributed by atoms with E-state index in [0.717, 1.165) is 32.0 Å². The van der Waals surface area contributed by atoms with Crippen molar-refractivity contribution >= 4 is 5.95 Å². The fraction of sp³-hybridized carbons (Fsp3) is 0.789. The van der Waals surface area contributed by atoms with Gasteiger partial charge in [0.05, 0.1) is 0 Å². The third kappa shape index (κ3) is 4.25. The Balaban J connectivity index is 1.49. The Morgan fingerprint density at radius 1 is 1.08 bits per heavy atom. The molecule has 1 aromatic rings. The van der Waals surface area contributed by atoms with Crippen molar-refractivity contribution in [3.63, 3.8) is 0 Å². The molecule has 3 heterocycles. The first-order chi connectivity index (χ1) is 11.7. The Kier molecular flexibility index (Phi) is 6.06. The van der Waals surface area contributed by atoms with Crippen LogP contribution in [0.15, 0.2) is 12.4 Å². The van der Waals surface area contributed by atoms with Gasteiger partial charge in [-0.3, -0.25) is 0 Å². The predicted octanol–water partition coefficient (Wildman–Crippen LogP) is 2.42. The van der Waals surface area contributed by atoms with E-state index in [2.05, 4.69) is 35.7 Å². The van der Waals surface area contributed by atoms with Crippen LogP contribution in [0.4, 0.5) is 5.95 Å². The number of hydrogen-bond acceptors (Lipinski definition) is 5. The zero-order valence-corrected chi connectivity index (χ0v) is 15.6. The highest BCUT2D eigenvalue weighted by Crippen LogP contribution is 2.32. The van der Waals surface area contributed by atoms with Crippen LogP contribution in [0, 0.1) is 0 Å². The van der Waals surface area contributed by atoms with Gasteiger partial charge in [-0.15, -0.1) is 0 Å². The second kappa shape index (κ2) is 8.26. The monoisotopic (exact) mass is 331 g/mol. The van der Waals surface area contributed by atoms with Gasteiger partial charge in [-0.25, -0.2) is 9.97 Å². The summed E-state index contributed by atoms with van der Waals surface area (Å²) in [4.78, 5) is 16.7. The molecule has 5 nitrogen and oxygen atoms in total. The first-order valence-electron chi connectivity index (χ1n) is 9.63. The van der Waals surface area contributed by atoms with Crippen LogP contribution in [0.2, 0.25) is 0 Å². The first kappa shape index (κ1) is 17.6. The number of anilines is 1. The molecule has 0 spiro atoms. The first-order valence-corrected chi connectivity index (χ1v) is 9.63. The number of rotatable bonds is 8. The van der Waals surface area contributed by atoms with Crippen LogP contribution in [0.25, 0.3) is 0 Å². The summed E-state index contributed by atoms with van der Waals surface area (Å²) in [5.41, 5.74) is 1.27. The maximum Gasteiger partial charge on any atom is 0.225 e. The minimum absolute atomic E-state index is 0.604. The summed E-state index contributed by atoms with van der Waals surface area (Å²) in [7, 11) is 4.45. The summed E-state index contributed by atoms with van der Waals surface area (Å²) in [6, 6.07) is 1.21. The van der Waals surface area contributed by atoms with Gasteiger partial charge in [0, 0.05) is 37.6 Å². The van der Waals surface area contributed by atoms with Gasteiger partial charge in [0.25, 0.3) is 0 Å². The van der Waals surface area contributed by atoms with Crippen LogP contribution in [0.3, 0.4) is 0 Å². The zero-order valence-electron chi connectivity index (χ0n) is 15.6. The highest BCUT2D eigenvalue weighted by Gasteiger charge is 2.39. The van der Waals surface area contributed by atoms with Crippen LogP contribution in [-0.4, -0.2) is 72.1 Å². The smallest absolute Gasteiger partial charge is 0.225 e. The number of likely N-dealkylation sites (N-methyl/N-ethyl adjacent to an activating group) is 1. The summed E-state index contributed by atoms with van der Waals surface area (Å²) >= 11 is 0. The van der Waals surface area contributed by atoms with Gasteiger partial charge in [-0.05, 0) is 64.9 Å². The van der Waals surface area contributed by atoms with Crippen LogP contribution in [-0.2, 0) is 6.42 Å². The van der Waals surface area contributed by atoms with E-state index in [1.54, 1.807) is 0 Å². The van der Waals surface area contributed by atoms with Crippen LogP contribution < -0.4 is 4.90 Å². The number of unbranched alkanes of at least 4 members (excludes halogenated alkanes) is 1. The fourth-order valence-corrected chi connectivity index (χ4v) is 4.14. The van der Waals surface area contributed by atoms with Crippen molar-refractivity contribution in [3.8, 4) is 0 Å². The van der Waals surface area contributed by atoms with E-state index in [4.69, 9.17) is 9.97 Å². The van der Waals surface area contributed by atoms with Gasteiger partial charge >= 0.3 is 0 Å². The molecule has 2 atom stereocenters. The van der Waals surface area contributed by atoms with Crippen molar-refractivity contribution in [2.75, 3.05) is 45.2 Å². The second-order valence-corrected chi connectivity index (χ2v) is 7.67. The largest absolute Gasteiger partial charge is 0.332 e. The van der Waals surface area contributed by atoms with Crippen molar-refractivity contribution < 1.29 is 0 Å². The van der Waals surface area contributed by atoms with E-state index in [9.17, 15) is 0 Å². The number of hydrogen-bond donors (Lipinski definition) is 0. The van der Waals surface area contributed by atoms with Gasteiger partial charge in [0.2, 0.25) is 5.95 Å². The fourth-order valence-electron chi connectivity index (χ4n) is 4.14. The van der Waals surface area contributed by atoms with E-state index in [0.29, 0.717) is 12.1 Å². The number of fused-ring (bicyclic) bond motifs is 2. The lowest BCUT2D eigenvalue weighted by molar-refractivity contribution is 0.262. The molecule has 134 valence electrons. The SMILES string of the molecule is CCCCN(C)CCCc1cnc(N2C3CCC2CN(C)C3)nc1. The van der Waals surface area contributed by atoms with Crippen LogP contribution in [0.5, 0.6) is 0 Å². The molecule has 2 unspecified atom stereocenters. The highest BCUT2D eigenvalue weighted by molar-refractivity contribution is 5.37. The highest BCUT2D eigenvalue weighted by atomic mass is 15.4. The molecular weight excluding hydrogens is 298 g/mol. The molecule has 2 aliphatic rings. The third-order valence-corrected chi connectivity index (χ3v) is 5.49. The lowest BCUT2D eigenvalue weighted by atomic mass is 10.2. The summed E-state index contributed by atoms with van der Waals surface area (Å²) in [5.74, 6) is 0.944. The molecule has 0 N–H and O–H groups in total. The van der Waals surface area contributed by atoms with Gasteiger partial charge in [-0.2, -0.15) is 0 Å². The molecule has 0 saturated carbocycles. The van der Waals surface area contributed by atoms with Crippen molar-refractivity contribution in [3.05, 3.63) is 18.0 Å². The second-order valence-electron chi connectivity index (χ2n) is 7.67. The van der Waals surface area contributed by atoms with E-state index in [-0.39, 0.29) is 0 Å². The van der Waals surface area contributed by atoms with Crippen LogP contribution in [0.1, 0.15) is 44.6 Å². The molecule has 0 aliphatic carbocycles. The van der Waals surface area contributed by atoms with Gasteiger partial charge in [0.1, 0.15) is 0 Å². The molecule has 2 fully saturated rings. The quantitative estimate of drug-likeness (QED) is 0.731. The number of aromatic nitrogens is 2. The number of piperazine rings is 1. The average Bonchev–Trinajstić information content (AvgIpc) is 2.85. The molecular formula is C19H33N5. The van der Waals surface area contributed by atoms with Crippen molar-refractivity contribution in [1.29, 1.82) is 0 Å². The molecule has 2 saturated heterocycles. The molecule has 0 aromatic carbocycles. The van der Waals surface area contributed by atoms with E-state index >= 15 is 0 Å². The maximum atomic E-state index is 4.70. The zero-order chi connectivity index (χ0) is 16.9. The third-order valence-electron chi connectivity index (χ3n) is 5.49. The number of likely N-dealkylation sites (tertiary alicyclic amines) is 1. The lowest BCUT2D eigenvalue weighted by Gasteiger charge is -2.39. The topological polar surface area (TPSA) is 35.5 Å². The molecule has 2 aliphatic heterocycles. The average molecular weight is 332 g/mol. The van der Waals surface area contributed by atoms with Crippen LogP contribution >= 0.6 is 0 Å². The summed E-state index contributed by atoms with van der Waals surface area (Å²) in [5, 5.41) is 0. The Morgan fingerprint density at radius 2 is 1.71 bits per heavy atom. The predicted molar refractivity (Wildman–Crippen MR) is 99.5 cm³/mol. The Hall–Kier alpha value is -1.20. The number of aryl methyl sites for hydroxylation is 1.